The minimum atomic E-state index is 0.149. The molecule has 0 amide bonds. The van der Waals surface area contributed by atoms with Crippen LogP contribution in [0, 0.1) is 12.8 Å². The van der Waals surface area contributed by atoms with Gasteiger partial charge in [-0.05, 0) is 36.3 Å². The smallest absolute Gasteiger partial charge is 0.0619 e. The number of alkyl halides is 1. The maximum Gasteiger partial charge on any atom is 0.0619 e. The van der Waals surface area contributed by atoms with E-state index in [1.54, 1.807) is 0 Å². The second-order valence-electron chi connectivity index (χ2n) is 5.23. The van der Waals surface area contributed by atoms with E-state index in [4.69, 9.17) is 11.6 Å². The molecule has 18 heavy (non-hydrogen) atoms. The van der Waals surface area contributed by atoms with Crippen molar-refractivity contribution in [3.8, 4) is 0 Å². The van der Waals surface area contributed by atoms with Crippen LogP contribution in [0.2, 0.25) is 0 Å². The Morgan fingerprint density at radius 3 is 2.33 bits per heavy atom. The molecule has 0 bridgehead atoms. The van der Waals surface area contributed by atoms with Gasteiger partial charge in [-0.25, -0.2) is 0 Å². The van der Waals surface area contributed by atoms with Gasteiger partial charge in [-0.3, -0.25) is 0 Å². The number of benzene rings is 2. The quantitative estimate of drug-likeness (QED) is 0.672. The Kier molecular flexibility index (Phi) is 3.13. The van der Waals surface area contributed by atoms with Crippen molar-refractivity contribution in [2.45, 2.75) is 24.6 Å². The summed E-state index contributed by atoms with van der Waals surface area (Å²) in [6, 6.07) is 19.3. The second-order valence-corrected chi connectivity index (χ2v) is 5.70. The summed E-state index contributed by atoms with van der Waals surface area (Å²) in [5.41, 5.74) is 3.98. The van der Waals surface area contributed by atoms with E-state index in [0.717, 1.165) is 0 Å². The van der Waals surface area contributed by atoms with Crippen LogP contribution in [0.3, 0.4) is 0 Å². The fraction of sp³-hybridized carbons (Fsp3) is 0.294. The van der Waals surface area contributed by atoms with E-state index in [2.05, 4.69) is 61.5 Å². The summed E-state index contributed by atoms with van der Waals surface area (Å²) in [7, 11) is 0. The fourth-order valence-electron chi connectivity index (χ4n) is 2.62. The lowest BCUT2D eigenvalue weighted by Crippen LogP contribution is -1.95. The third-order valence-electron chi connectivity index (χ3n) is 3.84. The summed E-state index contributed by atoms with van der Waals surface area (Å²) in [4.78, 5) is 0. The summed E-state index contributed by atoms with van der Waals surface area (Å²) in [6.07, 6.45) is 1.21. The third-order valence-corrected chi connectivity index (χ3v) is 4.41. The van der Waals surface area contributed by atoms with Gasteiger partial charge in [-0.1, -0.05) is 60.2 Å². The van der Waals surface area contributed by atoms with Crippen molar-refractivity contribution in [1.29, 1.82) is 0 Å². The molecule has 2 aromatic rings. The molecular formula is C17H17Cl. The Bertz CT molecular complexity index is 515. The van der Waals surface area contributed by atoms with Crippen LogP contribution in [0.15, 0.2) is 54.6 Å². The van der Waals surface area contributed by atoms with E-state index in [0.29, 0.717) is 11.8 Å². The zero-order chi connectivity index (χ0) is 12.5. The molecule has 3 atom stereocenters. The van der Waals surface area contributed by atoms with E-state index in [9.17, 15) is 0 Å². The van der Waals surface area contributed by atoms with Crippen LogP contribution >= 0.6 is 11.6 Å². The van der Waals surface area contributed by atoms with Gasteiger partial charge in [0.15, 0.2) is 0 Å². The Labute approximate surface area is 114 Å². The van der Waals surface area contributed by atoms with Gasteiger partial charge in [0.05, 0.1) is 5.38 Å². The van der Waals surface area contributed by atoms with Crippen molar-refractivity contribution in [3.63, 3.8) is 0 Å². The zero-order valence-corrected chi connectivity index (χ0v) is 11.3. The average molecular weight is 257 g/mol. The van der Waals surface area contributed by atoms with Gasteiger partial charge in [-0.15, -0.1) is 11.6 Å². The normalized spacial score (nSPS) is 23.7. The van der Waals surface area contributed by atoms with Crippen LogP contribution in [0.4, 0.5) is 0 Å². The molecule has 92 valence electrons. The summed E-state index contributed by atoms with van der Waals surface area (Å²) in [5, 5.41) is 0.149. The lowest BCUT2D eigenvalue weighted by molar-refractivity contribution is 0.764. The molecule has 1 heteroatoms. The van der Waals surface area contributed by atoms with Crippen LogP contribution in [-0.4, -0.2) is 0 Å². The lowest BCUT2D eigenvalue weighted by Gasteiger charge is -2.10. The predicted octanol–water partition coefficient (Wildman–Crippen LogP) is 5.08. The molecule has 1 saturated carbocycles. The van der Waals surface area contributed by atoms with Gasteiger partial charge < -0.3 is 0 Å². The van der Waals surface area contributed by atoms with E-state index in [1.165, 1.54) is 23.1 Å². The van der Waals surface area contributed by atoms with Gasteiger partial charge in [0.1, 0.15) is 0 Å². The van der Waals surface area contributed by atoms with E-state index in [1.807, 2.05) is 0 Å². The zero-order valence-electron chi connectivity index (χ0n) is 10.5. The van der Waals surface area contributed by atoms with Crippen LogP contribution < -0.4 is 0 Å². The fourth-order valence-corrected chi connectivity index (χ4v) is 3.04. The number of hydrogen-bond acceptors (Lipinski definition) is 0. The molecule has 1 aliphatic carbocycles. The van der Waals surface area contributed by atoms with E-state index < -0.39 is 0 Å². The summed E-state index contributed by atoms with van der Waals surface area (Å²) in [5.74, 6) is 1.24. The molecule has 0 heterocycles. The average Bonchev–Trinajstić information content (AvgIpc) is 3.20. The largest absolute Gasteiger partial charge is 0.117 e. The summed E-state index contributed by atoms with van der Waals surface area (Å²) < 4.78 is 0. The molecule has 1 fully saturated rings. The van der Waals surface area contributed by atoms with Crippen molar-refractivity contribution < 1.29 is 0 Å². The van der Waals surface area contributed by atoms with Gasteiger partial charge in [0.2, 0.25) is 0 Å². The monoisotopic (exact) mass is 256 g/mol. The minimum absolute atomic E-state index is 0.149. The van der Waals surface area contributed by atoms with Gasteiger partial charge in [-0.2, -0.15) is 0 Å². The Morgan fingerprint density at radius 1 is 1.00 bits per heavy atom. The van der Waals surface area contributed by atoms with Crippen LogP contribution in [0.5, 0.6) is 0 Å². The highest BCUT2D eigenvalue weighted by Crippen LogP contribution is 2.56. The SMILES string of the molecule is Cc1ccc(C(Cl)C2CC2c2ccccc2)cc1. The standard InChI is InChI=1S/C17H17Cl/c1-12-7-9-14(10-8-12)17(18)16-11-15(16)13-5-3-2-4-6-13/h2-10,15-17H,11H2,1H3. The third kappa shape index (κ3) is 2.30. The molecule has 3 unspecified atom stereocenters. The first-order valence-electron chi connectivity index (χ1n) is 6.51. The Hall–Kier alpha value is -1.27. The first kappa shape index (κ1) is 11.8. The highest BCUT2D eigenvalue weighted by molar-refractivity contribution is 6.21. The number of hydrogen-bond donors (Lipinski definition) is 0. The van der Waals surface area contributed by atoms with E-state index in [-0.39, 0.29) is 5.38 Å². The minimum Gasteiger partial charge on any atom is -0.117 e. The van der Waals surface area contributed by atoms with Crippen molar-refractivity contribution in [1.82, 2.24) is 0 Å². The van der Waals surface area contributed by atoms with Gasteiger partial charge in [0.25, 0.3) is 0 Å². The molecule has 0 saturated heterocycles. The first-order valence-corrected chi connectivity index (χ1v) is 6.95. The summed E-state index contributed by atoms with van der Waals surface area (Å²) in [6.45, 7) is 2.11. The van der Waals surface area contributed by atoms with Crippen LogP contribution in [-0.2, 0) is 0 Å². The molecule has 3 rings (SSSR count). The van der Waals surface area contributed by atoms with Crippen LogP contribution in [0.25, 0.3) is 0 Å². The van der Waals surface area contributed by atoms with Crippen molar-refractivity contribution >= 4 is 11.6 Å². The molecule has 1 aliphatic rings. The molecule has 2 aromatic carbocycles. The van der Waals surface area contributed by atoms with Gasteiger partial charge in [0, 0.05) is 0 Å². The first-order chi connectivity index (χ1) is 8.75. The lowest BCUT2D eigenvalue weighted by atomic mass is 10.0. The second kappa shape index (κ2) is 4.78. The summed E-state index contributed by atoms with van der Waals surface area (Å²) >= 11 is 6.60. The predicted molar refractivity (Wildman–Crippen MR) is 77.1 cm³/mol. The molecule has 0 nitrogen and oxygen atoms in total. The molecule has 0 spiro atoms. The molecule has 0 radical (unpaired) electrons. The molecular weight excluding hydrogens is 240 g/mol. The van der Waals surface area contributed by atoms with Crippen molar-refractivity contribution in [3.05, 3.63) is 71.3 Å². The van der Waals surface area contributed by atoms with Crippen molar-refractivity contribution in [2.75, 3.05) is 0 Å². The van der Waals surface area contributed by atoms with Crippen molar-refractivity contribution in [2.24, 2.45) is 5.92 Å². The molecule has 0 aliphatic heterocycles. The number of rotatable bonds is 3. The van der Waals surface area contributed by atoms with Crippen LogP contribution in [0.1, 0.15) is 34.4 Å². The number of aryl methyl sites for hydroxylation is 1. The molecule has 0 aromatic heterocycles. The molecule has 0 N–H and O–H groups in total. The Balaban J connectivity index is 1.73. The topological polar surface area (TPSA) is 0 Å². The maximum atomic E-state index is 6.60. The maximum absolute atomic E-state index is 6.60. The highest BCUT2D eigenvalue weighted by Gasteiger charge is 2.43. The van der Waals surface area contributed by atoms with Gasteiger partial charge >= 0.3 is 0 Å². The number of halogens is 1. The highest BCUT2D eigenvalue weighted by atomic mass is 35.5. The Morgan fingerprint density at radius 2 is 1.67 bits per heavy atom. The van der Waals surface area contributed by atoms with E-state index >= 15 is 0 Å².